The summed E-state index contributed by atoms with van der Waals surface area (Å²) in [6, 6.07) is 0. The molecule has 0 saturated carbocycles. The summed E-state index contributed by atoms with van der Waals surface area (Å²) in [4.78, 5) is 106. The van der Waals surface area contributed by atoms with Gasteiger partial charge < -0.3 is 91.8 Å². The molecule has 28 atom stereocenters. The topological polar surface area (TPSA) is 650 Å². The van der Waals surface area contributed by atoms with E-state index in [4.69, 9.17) is 76.5 Å². The largest absolute Gasteiger partial charge is 0.481 e. The number of aliphatic hydroxyl groups excluding tert-OH is 5. The summed E-state index contributed by atoms with van der Waals surface area (Å²) in [5.74, 6) is -2.63. The number of rotatable bonds is 16. The van der Waals surface area contributed by atoms with Gasteiger partial charge in [-0.25, -0.2) is 135 Å². The van der Waals surface area contributed by atoms with Gasteiger partial charge in [-0.05, 0) is 40.0 Å². The number of halogens is 7. The fraction of sp³-hybridized carbons (Fsp3) is 0.549. The highest BCUT2D eigenvalue weighted by Crippen LogP contribution is 2.45. The molecule has 0 radical (unpaired) electrons. The molecule has 0 aromatic carbocycles. The number of nitrogen functional groups attached to an aromatic ring is 4. The zero-order valence-corrected chi connectivity index (χ0v) is 75.0. The number of hydrogen-bond acceptors (Lipinski definition) is 39. The van der Waals surface area contributed by atoms with Gasteiger partial charge in [0.25, 0.3) is 0 Å². The highest BCUT2D eigenvalue weighted by molar-refractivity contribution is 5.84. The summed E-state index contributed by atoms with van der Waals surface area (Å²) in [6.07, 6.45) is -3.18. The number of anilines is 4. The first-order chi connectivity index (χ1) is 65.6. The third-order valence-corrected chi connectivity index (χ3v) is 25.0. The molecule has 0 spiro atoms. The van der Waals surface area contributed by atoms with Gasteiger partial charge in [0.1, 0.15) is 107 Å². The molecule has 7 aliphatic heterocycles. The molecule has 15 N–H and O–H groups in total. The molecule has 734 valence electrons. The van der Waals surface area contributed by atoms with Crippen molar-refractivity contribution in [1.82, 2.24) is 137 Å². The molecule has 48 nitrogen and oxygen atoms in total. The Morgan fingerprint density at radius 1 is 0.292 bits per heavy atom. The van der Waals surface area contributed by atoms with E-state index in [1.165, 1.54) is 98.8 Å². The van der Waals surface area contributed by atoms with Crippen LogP contribution in [-0.2, 0) is 42.7 Å². The Bertz CT molecular complexity index is 5810. The summed E-state index contributed by atoms with van der Waals surface area (Å²) < 4.78 is 149. The molecular weight excluding hydrogens is 1820 g/mol. The van der Waals surface area contributed by atoms with Gasteiger partial charge in [0.15, 0.2) is 150 Å². The van der Waals surface area contributed by atoms with Crippen molar-refractivity contribution in [2.45, 2.75) is 249 Å². The standard InChI is InChI=1S/2C13H17FN4O.C12H14FN5O3.C12H15FN4O2.C11H12FN5O4.C11H14FN5O2.C10H12FN5O3/c2*1-4-9-7(2)10(14)13(19-9)18-6-17-11-8(3)15-5-16-12(11)18;1-5-6(2-7(19)20)21-12(8(5)13)18-4-17-9-10(14)15-3-16-11(9)18;1-3-7-10(18)8(13)12(19-7)17-5-16-9-6(2)14-4-15-11(9)17;12-6-8(20)4(1-5(18)19)21-11(6)17-3-16-7-9(13)14-2-15-10(7)17;1-5-6(2-18)19-11(7(5)12)17-4-16-8-9(13)14-3-15-10(8)17;11-5-7(18)4(1-17)19-10(5)16-3-15-6-8(12)13-2-14-9(6)16/h2*5-7,9-10,13H,4H2,1-3H3;3-6,8,12H,2H2,1H3,(H,19,20)(H2,14,15,16);4-5,7-8,10,12,18H,3H2,1-2H3;2-4,6,8,11,20H,1H2,(H,18,19)(H2,13,14,15);3-7,11,18H,2H2,1H3,(H2,13,14,15);2-5,7,10,17-18H,1H2,(H2,12,13,14)/t2*7-,9-,10+,13-;5-,6-,8+,12-;7-,8+,10-,12-;4-,6+,8-,11-;5-,6-,7+,11-;4-,5+,7-,10-/m1111111/s1. The number of aliphatic hydroxyl groups is 5. The van der Waals surface area contributed by atoms with E-state index in [1.54, 1.807) is 35.6 Å². The quantitative estimate of drug-likeness (QED) is 0.0533. The molecular formula is C82H101F7N32O16. The lowest BCUT2D eigenvalue weighted by Crippen LogP contribution is -2.30. The number of alkyl halides is 7. The number of nitrogens with two attached hydrogens (primary N) is 4. The van der Waals surface area contributed by atoms with Crippen molar-refractivity contribution < 1.29 is 109 Å². The Labute approximate surface area is 770 Å². The average molecular weight is 1920 g/mol. The predicted molar refractivity (Wildman–Crippen MR) is 465 cm³/mol. The highest BCUT2D eigenvalue weighted by Gasteiger charge is 2.52. The number of carboxylic acids is 2. The van der Waals surface area contributed by atoms with Crippen molar-refractivity contribution >= 4 is 113 Å². The van der Waals surface area contributed by atoms with Gasteiger partial charge in [0, 0.05) is 23.7 Å². The summed E-state index contributed by atoms with van der Waals surface area (Å²) in [5.41, 5.74) is 31.5. The van der Waals surface area contributed by atoms with Gasteiger partial charge in [-0.1, -0.05) is 48.5 Å². The third kappa shape index (κ3) is 19.2. The van der Waals surface area contributed by atoms with Crippen molar-refractivity contribution in [3.8, 4) is 0 Å². The van der Waals surface area contributed by atoms with Gasteiger partial charge in [-0.3, -0.25) is 41.6 Å². The van der Waals surface area contributed by atoms with Crippen LogP contribution in [0.5, 0.6) is 0 Å². The van der Waals surface area contributed by atoms with Crippen LogP contribution in [0.3, 0.4) is 0 Å². The summed E-state index contributed by atoms with van der Waals surface area (Å²) >= 11 is 0. The van der Waals surface area contributed by atoms with Gasteiger partial charge in [0.2, 0.25) is 0 Å². The Morgan fingerprint density at radius 3 is 0.752 bits per heavy atom. The maximum atomic E-state index is 14.4. The van der Waals surface area contributed by atoms with Crippen LogP contribution in [0.15, 0.2) is 88.6 Å². The van der Waals surface area contributed by atoms with E-state index in [-0.39, 0.29) is 71.5 Å². The molecule has 137 heavy (non-hydrogen) atoms. The van der Waals surface area contributed by atoms with Crippen LogP contribution >= 0.6 is 0 Å². The van der Waals surface area contributed by atoms with Crippen LogP contribution in [0.4, 0.5) is 54.0 Å². The van der Waals surface area contributed by atoms with Crippen molar-refractivity contribution in [3.05, 3.63) is 106 Å². The fourth-order valence-corrected chi connectivity index (χ4v) is 17.1. The second kappa shape index (κ2) is 41.5. The number of carbonyl (C=O) groups is 2. The second-order valence-electron chi connectivity index (χ2n) is 33.4. The molecule has 14 aromatic heterocycles. The number of aliphatic carboxylic acids is 2. The summed E-state index contributed by atoms with van der Waals surface area (Å²) in [5, 5.41) is 64.9. The second-order valence-corrected chi connectivity index (χ2v) is 33.4. The number of aryl methyl sites for hydroxylation is 3. The van der Waals surface area contributed by atoms with E-state index in [0.717, 1.165) is 29.9 Å². The van der Waals surface area contributed by atoms with Crippen LogP contribution < -0.4 is 22.9 Å². The smallest absolute Gasteiger partial charge is 0.306 e. The molecule has 14 aromatic rings. The number of imidazole rings is 7. The normalized spacial score (nSPS) is 30.5. The Kier molecular flexibility index (Phi) is 29.9. The Balaban J connectivity index is 0.000000121. The number of fused-ring (bicyclic) bond motifs is 7. The Morgan fingerprint density at radius 2 is 0.496 bits per heavy atom. The zero-order valence-electron chi connectivity index (χ0n) is 75.0. The van der Waals surface area contributed by atoms with Crippen LogP contribution in [0.1, 0.15) is 141 Å². The van der Waals surface area contributed by atoms with Crippen LogP contribution in [-0.4, -0.2) is 302 Å². The van der Waals surface area contributed by atoms with Gasteiger partial charge in [0.05, 0.1) is 124 Å². The molecule has 0 amide bonds. The zero-order chi connectivity index (χ0) is 98.1. The van der Waals surface area contributed by atoms with Crippen LogP contribution in [0.2, 0.25) is 0 Å². The lowest BCUT2D eigenvalue weighted by molar-refractivity contribution is -0.142. The first-order valence-electron chi connectivity index (χ1n) is 43.5. The van der Waals surface area contributed by atoms with E-state index in [0.29, 0.717) is 73.4 Å². The molecule has 21 heterocycles. The van der Waals surface area contributed by atoms with E-state index >= 15 is 0 Å². The molecule has 0 bridgehead atoms. The maximum Gasteiger partial charge on any atom is 0.306 e. The number of carboxylic acid groups (broad SMARTS) is 2. The molecule has 0 unspecified atom stereocenters. The molecule has 7 fully saturated rings. The van der Waals surface area contributed by atoms with Gasteiger partial charge >= 0.3 is 11.9 Å². The number of aromatic nitrogens is 28. The molecule has 7 aliphatic rings. The Hall–Kier alpha value is -13.0. The lowest BCUT2D eigenvalue weighted by Gasteiger charge is -2.15. The maximum absolute atomic E-state index is 14.4. The van der Waals surface area contributed by atoms with Crippen LogP contribution in [0.25, 0.3) is 78.1 Å². The van der Waals surface area contributed by atoms with E-state index in [1.807, 2.05) is 55.4 Å². The summed E-state index contributed by atoms with van der Waals surface area (Å²) in [7, 11) is 0. The van der Waals surface area contributed by atoms with E-state index < -0.39 is 172 Å². The number of hydrogen-bond donors (Lipinski definition) is 11. The van der Waals surface area contributed by atoms with E-state index in [2.05, 4.69) is 105 Å². The van der Waals surface area contributed by atoms with Crippen molar-refractivity contribution in [2.24, 2.45) is 23.7 Å². The molecule has 21 rings (SSSR count). The number of nitrogens with zero attached hydrogens (tertiary/aromatic N) is 28. The summed E-state index contributed by atoms with van der Waals surface area (Å²) in [6.45, 7) is 17.8. The molecule has 55 heteroatoms. The first kappa shape index (κ1) is 98.5. The number of ether oxygens (including phenoxy) is 7. The lowest BCUT2D eigenvalue weighted by atomic mass is 9.99. The average Bonchev–Trinajstić information content (AvgIpc) is 1.64. The van der Waals surface area contributed by atoms with Crippen molar-refractivity contribution in [3.63, 3.8) is 0 Å². The van der Waals surface area contributed by atoms with Crippen LogP contribution in [0, 0.1) is 44.4 Å². The van der Waals surface area contributed by atoms with Gasteiger partial charge in [-0.15, -0.1) is 0 Å². The third-order valence-electron chi connectivity index (χ3n) is 25.0. The van der Waals surface area contributed by atoms with Crippen molar-refractivity contribution in [1.29, 1.82) is 0 Å². The molecule has 7 saturated heterocycles. The first-order valence-corrected chi connectivity index (χ1v) is 43.5. The predicted octanol–water partition coefficient (Wildman–Crippen LogP) is 5.48. The van der Waals surface area contributed by atoms with E-state index in [9.17, 15) is 55.6 Å². The minimum atomic E-state index is -1.80. The fourth-order valence-electron chi connectivity index (χ4n) is 17.1. The SMILES string of the molecule is CC[C@H]1O[C@@H](n2cnc3c(C)ncnc32)[C@@H](F)[C@@H]1C.CC[C@H]1O[C@@H](n2cnc3c(C)ncnc32)[C@@H](F)[C@@H]1C.CC[C@H]1O[C@@H](n2cnc3c(C)ncnc32)[C@@H](F)[C@@H]1O.C[C@H]1[C@H](F)[C@H](n2cnc3c(N)ncnc32)O[C@@H]1CC(=O)O.C[C@H]1[C@H](F)[C@H](n2cnc3c(N)ncnc32)O[C@@H]1CO.Nc1ncnc2c1ncn2[C@@H]1O[C@H](CC(=O)O)[C@@H](O)[C@@H]1F.Nc1ncnc2c1ncn2[C@@H]1O[C@H](CO)[C@@H](O)[C@@H]1F. The van der Waals surface area contributed by atoms with Gasteiger partial charge in [-0.2, -0.15) is 0 Å². The minimum absolute atomic E-state index is 0.0552. The molecule has 0 aliphatic carbocycles. The highest BCUT2D eigenvalue weighted by atomic mass is 19.2. The monoisotopic (exact) mass is 1920 g/mol. The van der Waals surface area contributed by atoms with Crippen molar-refractivity contribution in [2.75, 3.05) is 36.1 Å². The minimum Gasteiger partial charge on any atom is -0.481 e.